The maximum atomic E-state index is 14.3. The molecule has 0 aromatic heterocycles. The van der Waals surface area contributed by atoms with Crippen molar-refractivity contribution in [1.29, 1.82) is 0 Å². The third-order valence-electron chi connectivity index (χ3n) is 5.23. The van der Waals surface area contributed by atoms with Gasteiger partial charge in [-0.25, -0.2) is 9.59 Å². The van der Waals surface area contributed by atoms with Gasteiger partial charge in [0.1, 0.15) is 11.5 Å². The van der Waals surface area contributed by atoms with Gasteiger partial charge in [-0.05, 0) is 35.4 Å². The molecule has 1 aliphatic rings. The molecule has 0 aliphatic carbocycles. The number of benzene rings is 2. The van der Waals surface area contributed by atoms with Crippen molar-refractivity contribution in [2.45, 2.75) is 37.4 Å². The van der Waals surface area contributed by atoms with Crippen LogP contribution in [0.1, 0.15) is 25.0 Å². The van der Waals surface area contributed by atoms with E-state index in [-0.39, 0.29) is 0 Å². The number of nitrogen functional groups attached to an aromatic ring is 1. The highest BCUT2D eigenvalue weighted by Crippen LogP contribution is 2.57. The molecule has 0 amide bonds. The number of nitrogens with two attached hydrogens (primary N) is 1. The van der Waals surface area contributed by atoms with Gasteiger partial charge in [0, 0.05) is 20.0 Å². The van der Waals surface area contributed by atoms with Gasteiger partial charge in [0.2, 0.25) is 5.41 Å². The molecule has 0 atom stereocenters. The molecule has 3 rings (SSSR count). The summed E-state index contributed by atoms with van der Waals surface area (Å²) in [4.78, 5) is 24.1. The van der Waals surface area contributed by atoms with Crippen molar-refractivity contribution < 1.29 is 55.6 Å². The Balaban J connectivity index is 2.18. The first-order chi connectivity index (χ1) is 16.4. The number of alkyl halides is 6. The predicted molar refractivity (Wildman–Crippen MR) is 111 cm³/mol. The van der Waals surface area contributed by atoms with Gasteiger partial charge in [0.25, 0.3) is 5.79 Å². The number of ether oxygens (including phenoxy) is 2. The van der Waals surface area contributed by atoms with Crippen LogP contribution < -0.4 is 11.1 Å². The Morgan fingerprint density at radius 3 is 1.81 bits per heavy atom. The number of halogens is 6. The number of anilines is 2. The first kappa shape index (κ1) is 26.5. The van der Waals surface area contributed by atoms with Gasteiger partial charge in [-0.3, -0.25) is 0 Å². The number of aromatic hydroxyl groups is 2. The van der Waals surface area contributed by atoms with Crippen LogP contribution in [0.15, 0.2) is 48.2 Å². The maximum Gasteiger partial charge on any atom is 0.411 e. The van der Waals surface area contributed by atoms with Gasteiger partial charge in [0.15, 0.2) is 5.57 Å². The van der Waals surface area contributed by atoms with E-state index in [1.54, 1.807) is 0 Å². The summed E-state index contributed by atoms with van der Waals surface area (Å²) in [6, 6.07) is 2.66. The zero-order valence-corrected chi connectivity index (χ0v) is 18.4. The zero-order valence-electron chi connectivity index (χ0n) is 18.4. The molecule has 0 saturated carbocycles. The number of cyclic esters (lactones) is 2. The summed E-state index contributed by atoms with van der Waals surface area (Å²) in [5, 5.41) is 21.7. The second-order valence-electron chi connectivity index (χ2n) is 8.13. The summed E-state index contributed by atoms with van der Waals surface area (Å²) in [7, 11) is 0. The molecule has 2 aromatic carbocycles. The molecule has 1 saturated heterocycles. The van der Waals surface area contributed by atoms with Crippen molar-refractivity contribution in [1.82, 2.24) is 0 Å². The topological polar surface area (TPSA) is 131 Å². The number of rotatable bonds is 4. The van der Waals surface area contributed by atoms with Crippen molar-refractivity contribution in [3.8, 4) is 11.5 Å². The Bertz CT molecular complexity index is 1220. The number of hydrogen-bond donors (Lipinski definition) is 4. The highest BCUT2D eigenvalue weighted by Gasteiger charge is 2.72. The van der Waals surface area contributed by atoms with Crippen LogP contribution >= 0.6 is 0 Å². The van der Waals surface area contributed by atoms with E-state index in [0.29, 0.717) is 42.6 Å². The highest BCUT2D eigenvalue weighted by molar-refractivity contribution is 6.15. The van der Waals surface area contributed by atoms with Crippen LogP contribution in [0.25, 0.3) is 0 Å². The highest BCUT2D eigenvalue weighted by atomic mass is 19.4. The molecule has 8 nitrogen and oxygen atoms in total. The lowest BCUT2D eigenvalue weighted by Gasteiger charge is -2.38. The van der Waals surface area contributed by atoms with Crippen molar-refractivity contribution in [3.05, 3.63) is 59.3 Å². The quantitative estimate of drug-likeness (QED) is 0.118. The normalized spacial score (nSPS) is 16.3. The second-order valence-corrected chi connectivity index (χ2v) is 8.13. The number of nitrogens with one attached hydrogen (secondary N) is 1. The van der Waals surface area contributed by atoms with E-state index in [4.69, 9.17) is 15.2 Å². The molecule has 0 unspecified atom stereocenters. The van der Waals surface area contributed by atoms with E-state index in [0.717, 1.165) is 0 Å². The number of esters is 2. The van der Waals surface area contributed by atoms with E-state index >= 15 is 0 Å². The lowest BCUT2D eigenvalue weighted by molar-refractivity contribution is -0.288. The summed E-state index contributed by atoms with van der Waals surface area (Å²) >= 11 is 0. The molecule has 0 radical (unpaired) electrons. The Morgan fingerprint density at radius 1 is 0.861 bits per heavy atom. The average molecular weight is 520 g/mol. The predicted octanol–water partition coefficient (Wildman–Crippen LogP) is 4.22. The molecule has 36 heavy (non-hydrogen) atoms. The van der Waals surface area contributed by atoms with Crippen LogP contribution in [0.2, 0.25) is 0 Å². The van der Waals surface area contributed by atoms with E-state index in [1.807, 2.05) is 0 Å². The van der Waals surface area contributed by atoms with E-state index < -0.39 is 75.1 Å². The minimum Gasteiger partial charge on any atom is -0.506 e. The van der Waals surface area contributed by atoms with Crippen molar-refractivity contribution in [3.63, 3.8) is 0 Å². The van der Waals surface area contributed by atoms with E-state index in [9.17, 15) is 46.1 Å². The molecule has 1 fully saturated rings. The zero-order chi connectivity index (χ0) is 27.3. The largest absolute Gasteiger partial charge is 0.506 e. The fraction of sp³-hybridized carbons (Fsp3) is 0.273. The van der Waals surface area contributed by atoms with Crippen molar-refractivity contribution in [2.24, 2.45) is 0 Å². The Labute approximate surface area is 198 Å². The first-order valence-corrected chi connectivity index (χ1v) is 9.90. The van der Waals surface area contributed by atoms with Crippen LogP contribution in [-0.4, -0.2) is 40.3 Å². The number of phenolic OH excluding ortho intramolecular Hbond substituents is 2. The second kappa shape index (κ2) is 8.53. The molecule has 194 valence electrons. The Kier molecular flexibility index (Phi) is 6.28. The Morgan fingerprint density at radius 2 is 1.33 bits per heavy atom. The summed E-state index contributed by atoms with van der Waals surface area (Å²) in [6.07, 6.45) is -11.4. The molecule has 2 aromatic rings. The molecular formula is C22H18F6N2O6. The van der Waals surface area contributed by atoms with Crippen LogP contribution in [-0.2, 0) is 24.5 Å². The molecular weight excluding hydrogens is 502 g/mol. The lowest BCUT2D eigenvalue weighted by Crippen LogP contribution is -2.54. The maximum absolute atomic E-state index is 14.3. The van der Waals surface area contributed by atoms with Crippen molar-refractivity contribution >= 4 is 23.3 Å². The van der Waals surface area contributed by atoms with Gasteiger partial charge in [-0.1, -0.05) is 12.1 Å². The molecule has 14 heteroatoms. The molecule has 1 aliphatic heterocycles. The van der Waals surface area contributed by atoms with Gasteiger partial charge in [0.05, 0.1) is 11.4 Å². The van der Waals surface area contributed by atoms with Gasteiger partial charge < -0.3 is 30.7 Å². The smallest absolute Gasteiger partial charge is 0.411 e. The number of hydrogen-bond acceptors (Lipinski definition) is 8. The minimum atomic E-state index is -5.98. The number of phenols is 2. The van der Waals surface area contributed by atoms with E-state index in [1.165, 1.54) is 13.8 Å². The fourth-order valence-corrected chi connectivity index (χ4v) is 3.58. The standard InChI is InChI=1S/C22H18F6N2O6/c1-19(2)35-17(33)12(18(34)36-19)9-30-14-8-11(4-6-16(14)32)20(21(23,24)25,22(26,27)28)10-3-5-15(31)13(29)7-10/h3-9,30-32H,29H2,1-2H3. The van der Waals surface area contributed by atoms with Crippen LogP contribution in [0.3, 0.4) is 0 Å². The number of carbonyl (C=O) groups excluding carboxylic acids is 2. The molecule has 0 spiro atoms. The SMILES string of the molecule is CC1(C)OC(=O)C(=CNc2cc(C(c3ccc(O)c(N)c3)(C(F)(F)F)C(F)(F)F)ccc2O)C(=O)O1. The van der Waals surface area contributed by atoms with Gasteiger partial charge in [-0.15, -0.1) is 0 Å². The van der Waals surface area contributed by atoms with E-state index in [2.05, 4.69) is 5.32 Å². The third-order valence-corrected chi connectivity index (χ3v) is 5.23. The molecule has 5 N–H and O–H groups in total. The van der Waals surface area contributed by atoms with Crippen molar-refractivity contribution in [2.75, 3.05) is 11.1 Å². The fourth-order valence-electron chi connectivity index (χ4n) is 3.58. The van der Waals surface area contributed by atoms with Crippen LogP contribution in [0, 0.1) is 0 Å². The summed E-state index contributed by atoms with van der Waals surface area (Å²) in [6.45, 7) is 2.51. The Hall–Kier alpha value is -4.10. The molecule has 0 bridgehead atoms. The van der Waals surface area contributed by atoms with Crippen LogP contribution in [0.5, 0.6) is 11.5 Å². The minimum absolute atomic E-state index is 0.341. The number of carbonyl (C=O) groups is 2. The van der Waals surface area contributed by atoms with Gasteiger partial charge >= 0.3 is 24.3 Å². The third kappa shape index (κ3) is 4.45. The lowest BCUT2D eigenvalue weighted by atomic mass is 9.72. The van der Waals surface area contributed by atoms with Crippen LogP contribution in [0.4, 0.5) is 37.7 Å². The summed E-state index contributed by atoms with van der Waals surface area (Å²) in [5.41, 5.74) is -4.21. The van der Waals surface area contributed by atoms with Gasteiger partial charge in [-0.2, -0.15) is 26.3 Å². The summed E-state index contributed by atoms with van der Waals surface area (Å²) < 4.78 is 95.6. The first-order valence-electron chi connectivity index (χ1n) is 9.90. The monoisotopic (exact) mass is 520 g/mol. The summed E-state index contributed by atoms with van der Waals surface area (Å²) in [5.74, 6) is -5.50. The average Bonchev–Trinajstić information content (AvgIpc) is 2.69. The molecule has 1 heterocycles.